The van der Waals surface area contributed by atoms with E-state index in [1.54, 1.807) is 0 Å². The third-order valence-electron chi connectivity index (χ3n) is 3.41. The third kappa shape index (κ3) is 2.95. The highest BCUT2D eigenvalue weighted by Gasteiger charge is 2.24. The predicted molar refractivity (Wildman–Crippen MR) is 58.2 cm³/mol. The number of alkyl halides is 1. The van der Waals surface area contributed by atoms with Crippen molar-refractivity contribution in [2.24, 2.45) is 11.8 Å². The topological polar surface area (TPSA) is 9.23 Å². The molecule has 0 radical (unpaired) electrons. The Morgan fingerprint density at radius 3 is 2.77 bits per heavy atom. The number of halogens is 1. The van der Waals surface area contributed by atoms with Crippen LogP contribution >= 0.6 is 15.9 Å². The first kappa shape index (κ1) is 9.97. The largest absolute Gasteiger partial charge is 0.381 e. The molecule has 1 aliphatic heterocycles. The standard InChI is InChI=1S/C11H19BrO/c12-11-3-1-2-9(7-11)6-10-4-5-13-8-10/h9-11H,1-8H2. The van der Waals surface area contributed by atoms with Crippen LogP contribution in [0.15, 0.2) is 0 Å². The van der Waals surface area contributed by atoms with Gasteiger partial charge in [0.2, 0.25) is 0 Å². The lowest BCUT2D eigenvalue weighted by Crippen LogP contribution is -2.18. The van der Waals surface area contributed by atoms with E-state index < -0.39 is 0 Å². The fourth-order valence-corrected chi connectivity index (χ4v) is 3.53. The minimum absolute atomic E-state index is 0.800. The van der Waals surface area contributed by atoms with Crippen LogP contribution in [0.4, 0.5) is 0 Å². The fourth-order valence-electron chi connectivity index (χ4n) is 2.68. The molecule has 0 aromatic heterocycles. The molecule has 13 heavy (non-hydrogen) atoms. The quantitative estimate of drug-likeness (QED) is 0.680. The summed E-state index contributed by atoms with van der Waals surface area (Å²) in [5.41, 5.74) is 0. The molecule has 0 aromatic carbocycles. The molecule has 0 amide bonds. The van der Waals surface area contributed by atoms with Gasteiger partial charge in [-0.05, 0) is 37.5 Å². The summed E-state index contributed by atoms with van der Waals surface area (Å²) < 4.78 is 5.41. The number of ether oxygens (including phenoxy) is 1. The van der Waals surface area contributed by atoms with Crippen molar-refractivity contribution in [2.75, 3.05) is 13.2 Å². The zero-order chi connectivity index (χ0) is 9.10. The zero-order valence-corrected chi connectivity index (χ0v) is 9.76. The fraction of sp³-hybridized carbons (Fsp3) is 1.00. The van der Waals surface area contributed by atoms with E-state index in [2.05, 4.69) is 15.9 Å². The van der Waals surface area contributed by atoms with E-state index in [1.807, 2.05) is 0 Å². The van der Waals surface area contributed by atoms with Crippen LogP contribution in [0, 0.1) is 11.8 Å². The van der Waals surface area contributed by atoms with Gasteiger partial charge in [0.15, 0.2) is 0 Å². The highest BCUT2D eigenvalue weighted by molar-refractivity contribution is 9.09. The summed E-state index contributed by atoms with van der Waals surface area (Å²) in [5, 5.41) is 0. The Bertz CT molecular complexity index is 154. The molecule has 0 aromatic rings. The van der Waals surface area contributed by atoms with E-state index in [9.17, 15) is 0 Å². The summed E-state index contributed by atoms with van der Waals surface area (Å²) >= 11 is 3.75. The zero-order valence-electron chi connectivity index (χ0n) is 8.18. The van der Waals surface area contributed by atoms with Gasteiger partial charge in [-0.25, -0.2) is 0 Å². The molecular weight excluding hydrogens is 228 g/mol. The second-order valence-electron chi connectivity index (χ2n) is 4.60. The average Bonchev–Trinajstić information content (AvgIpc) is 2.57. The predicted octanol–water partition coefficient (Wildman–Crippen LogP) is 3.37. The summed E-state index contributed by atoms with van der Waals surface area (Å²) in [5.74, 6) is 1.85. The Balaban J connectivity index is 1.73. The number of hydrogen-bond donors (Lipinski definition) is 0. The van der Waals surface area contributed by atoms with E-state index >= 15 is 0 Å². The van der Waals surface area contributed by atoms with Crippen LogP contribution in [0.1, 0.15) is 38.5 Å². The van der Waals surface area contributed by atoms with Crippen molar-refractivity contribution in [1.29, 1.82) is 0 Å². The molecule has 1 saturated heterocycles. The summed E-state index contributed by atoms with van der Waals surface area (Å²) in [6, 6.07) is 0. The second kappa shape index (κ2) is 4.79. The third-order valence-corrected chi connectivity index (χ3v) is 4.24. The molecule has 3 atom stereocenters. The lowest BCUT2D eigenvalue weighted by molar-refractivity contribution is 0.176. The van der Waals surface area contributed by atoms with Crippen molar-refractivity contribution >= 4 is 15.9 Å². The molecule has 3 unspecified atom stereocenters. The Morgan fingerprint density at radius 2 is 2.08 bits per heavy atom. The molecule has 0 spiro atoms. The molecule has 1 nitrogen and oxygen atoms in total. The minimum atomic E-state index is 0.800. The Labute approximate surface area is 89.4 Å². The van der Waals surface area contributed by atoms with Crippen LogP contribution in [0.5, 0.6) is 0 Å². The molecule has 1 aliphatic carbocycles. The van der Waals surface area contributed by atoms with Crippen molar-refractivity contribution in [3.63, 3.8) is 0 Å². The Hall–Kier alpha value is 0.440. The van der Waals surface area contributed by atoms with Gasteiger partial charge in [0.1, 0.15) is 0 Å². The molecule has 1 saturated carbocycles. The van der Waals surface area contributed by atoms with Crippen molar-refractivity contribution in [3.05, 3.63) is 0 Å². The first-order valence-corrected chi connectivity index (χ1v) is 6.48. The van der Waals surface area contributed by atoms with Crippen molar-refractivity contribution in [2.45, 2.75) is 43.4 Å². The van der Waals surface area contributed by atoms with Crippen molar-refractivity contribution in [1.82, 2.24) is 0 Å². The summed E-state index contributed by atoms with van der Waals surface area (Å²) in [4.78, 5) is 0.800. The van der Waals surface area contributed by atoms with Crippen LogP contribution < -0.4 is 0 Å². The Morgan fingerprint density at radius 1 is 1.15 bits per heavy atom. The van der Waals surface area contributed by atoms with E-state index in [1.165, 1.54) is 38.5 Å². The minimum Gasteiger partial charge on any atom is -0.381 e. The lowest BCUT2D eigenvalue weighted by atomic mass is 9.82. The van der Waals surface area contributed by atoms with Crippen LogP contribution in [0.2, 0.25) is 0 Å². The van der Waals surface area contributed by atoms with E-state index in [0.717, 1.165) is 29.9 Å². The smallest absolute Gasteiger partial charge is 0.0495 e. The van der Waals surface area contributed by atoms with E-state index in [4.69, 9.17) is 4.74 Å². The molecule has 0 N–H and O–H groups in total. The Kier molecular flexibility index (Phi) is 3.67. The first-order chi connectivity index (χ1) is 6.34. The molecule has 2 rings (SSSR count). The van der Waals surface area contributed by atoms with Crippen molar-refractivity contribution < 1.29 is 4.74 Å². The maximum atomic E-state index is 5.41. The van der Waals surface area contributed by atoms with Crippen LogP contribution in [-0.4, -0.2) is 18.0 Å². The molecule has 2 fully saturated rings. The summed E-state index contributed by atoms with van der Waals surface area (Å²) in [6.07, 6.45) is 8.40. The van der Waals surface area contributed by atoms with Crippen LogP contribution in [-0.2, 0) is 4.74 Å². The maximum absolute atomic E-state index is 5.41. The molecule has 0 bridgehead atoms. The number of hydrogen-bond acceptors (Lipinski definition) is 1. The molecule has 1 heterocycles. The lowest BCUT2D eigenvalue weighted by Gasteiger charge is -2.27. The van der Waals surface area contributed by atoms with E-state index in [-0.39, 0.29) is 0 Å². The van der Waals surface area contributed by atoms with Crippen LogP contribution in [0.25, 0.3) is 0 Å². The maximum Gasteiger partial charge on any atom is 0.0495 e. The summed E-state index contributed by atoms with van der Waals surface area (Å²) in [6.45, 7) is 2.04. The van der Waals surface area contributed by atoms with E-state index in [0.29, 0.717) is 0 Å². The van der Waals surface area contributed by atoms with Gasteiger partial charge in [0.25, 0.3) is 0 Å². The van der Waals surface area contributed by atoms with Gasteiger partial charge >= 0.3 is 0 Å². The molecule has 2 aliphatic rings. The van der Waals surface area contributed by atoms with Gasteiger partial charge in [0, 0.05) is 18.0 Å². The highest BCUT2D eigenvalue weighted by atomic mass is 79.9. The second-order valence-corrected chi connectivity index (χ2v) is 5.89. The number of rotatable bonds is 2. The first-order valence-electron chi connectivity index (χ1n) is 5.56. The van der Waals surface area contributed by atoms with Gasteiger partial charge in [-0.1, -0.05) is 28.8 Å². The monoisotopic (exact) mass is 246 g/mol. The van der Waals surface area contributed by atoms with Gasteiger partial charge in [-0.2, -0.15) is 0 Å². The normalized spacial score (nSPS) is 40.8. The highest BCUT2D eigenvalue weighted by Crippen LogP contribution is 2.34. The van der Waals surface area contributed by atoms with Gasteiger partial charge in [-0.3, -0.25) is 0 Å². The van der Waals surface area contributed by atoms with Gasteiger partial charge in [0.05, 0.1) is 0 Å². The van der Waals surface area contributed by atoms with Crippen molar-refractivity contribution in [3.8, 4) is 0 Å². The van der Waals surface area contributed by atoms with Crippen LogP contribution in [0.3, 0.4) is 0 Å². The van der Waals surface area contributed by atoms with Gasteiger partial charge < -0.3 is 4.74 Å². The molecule has 76 valence electrons. The molecular formula is C11H19BrO. The van der Waals surface area contributed by atoms with Gasteiger partial charge in [-0.15, -0.1) is 0 Å². The molecule has 2 heteroatoms. The SMILES string of the molecule is BrC1CCCC(CC2CCOC2)C1. The summed E-state index contributed by atoms with van der Waals surface area (Å²) in [7, 11) is 0. The average molecular weight is 247 g/mol.